The largest absolute Gasteiger partial charge is 0.325 e. The van der Waals surface area contributed by atoms with Crippen molar-refractivity contribution < 1.29 is 4.57 Å². The maximum atomic E-state index is 4.79. The van der Waals surface area contributed by atoms with E-state index in [-0.39, 0.29) is 0 Å². The van der Waals surface area contributed by atoms with Crippen LogP contribution in [0, 0.1) is 0 Å². The van der Waals surface area contributed by atoms with Crippen molar-refractivity contribution in [3.8, 4) is 17.1 Å². The number of hydrogen-bond donors (Lipinski definition) is 0. The highest BCUT2D eigenvalue weighted by molar-refractivity contribution is 5.78. The molecular weight excluding hydrogens is 312 g/mol. The normalized spacial score (nSPS) is 12.6. The van der Waals surface area contributed by atoms with Crippen LogP contribution in [0.1, 0.15) is 5.56 Å². The number of aromatic nitrogens is 6. The molecular formula is C19H13N6+. The van der Waals surface area contributed by atoms with Gasteiger partial charge in [-0.25, -0.2) is 18.5 Å². The van der Waals surface area contributed by atoms with E-state index >= 15 is 0 Å². The summed E-state index contributed by atoms with van der Waals surface area (Å²) in [7, 11) is 0. The molecule has 0 aliphatic carbocycles. The van der Waals surface area contributed by atoms with E-state index in [1.807, 2.05) is 35.1 Å². The van der Waals surface area contributed by atoms with Gasteiger partial charge in [-0.05, 0) is 24.3 Å². The maximum Gasteiger partial charge on any atom is 0.325 e. The summed E-state index contributed by atoms with van der Waals surface area (Å²) < 4.78 is 6.55. The van der Waals surface area contributed by atoms with Crippen molar-refractivity contribution in [3.05, 3.63) is 72.8 Å². The molecule has 0 unspecified atom stereocenters. The van der Waals surface area contributed by atoms with E-state index in [4.69, 9.17) is 4.98 Å². The van der Waals surface area contributed by atoms with Crippen molar-refractivity contribution in [2.24, 2.45) is 0 Å². The van der Waals surface area contributed by atoms with Crippen LogP contribution in [-0.2, 0) is 6.54 Å². The average Bonchev–Trinajstić information content (AvgIpc) is 3.30. The molecule has 0 fully saturated rings. The molecule has 0 amide bonds. The molecule has 4 aromatic heterocycles. The van der Waals surface area contributed by atoms with Gasteiger partial charge < -0.3 is 0 Å². The lowest BCUT2D eigenvalue weighted by atomic mass is 10.2. The first-order chi connectivity index (χ1) is 12.4. The summed E-state index contributed by atoms with van der Waals surface area (Å²) in [5.41, 5.74) is 5.49. The SMILES string of the molecule is c1ccc(-n2c3[n+](c4nc5ncccn5c42)Cc2ccncc2-3)cc1. The molecule has 118 valence electrons. The standard InChI is InChI=1S/C19H13N6/c1-2-5-14(6-3-1)25-17-15-11-20-9-7-13(15)12-24(17)16-18(25)23-10-4-8-21-19(23)22-16/h1-11H,12H2/q+1. The highest BCUT2D eigenvalue weighted by Crippen LogP contribution is 2.33. The van der Waals surface area contributed by atoms with Gasteiger partial charge in [0, 0.05) is 30.4 Å². The fraction of sp³-hybridized carbons (Fsp3) is 0.0526. The Balaban J connectivity index is 1.84. The minimum Gasteiger partial charge on any atom is -0.264 e. The average molecular weight is 325 g/mol. The van der Waals surface area contributed by atoms with Gasteiger partial charge in [0.2, 0.25) is 5.82 Å². The lowest BCUT2D eigenvalue weighted by Gasteiger charge is -2.03. The van der Waals surface area contributed by atoms with Gasteiger partial charge in [-0.3, -0.25) is 4.98 Å². The van der Waals surface area contributed by atoms with Crippen molar-refractivity contribution in [1.82, 2.24) is 23.9 Å². The monoisotopic (exact) mass is 325 g/mol. The molecule has 5 heterocycles. The molecule has 0 bridgehead atoms. The highest BCUT2D eigenvalue weighted by Gasteiger charge is 2.36. The maximum absolute atomic E-state index is 4.79. The third-order valence-corrected chi connectivity index (χ3v) is 4.79. The van der Waals surface area contributed by atoms with Crippen LogP contribution in [-0.4, -0.2) is 23.9 Å². The van der Waals surface area contributed by atoms with E-state index in [1.165, 1.54) is 5.56 Å². The van der Waals surface area contributed by atoms with Crippen LogP contribution >= 0.6 is 0 Å². The van der Waals surface area contributed by atoms with E-state index in [2.05, 4.69) is 49.4 Å². The zero-order valence-corrected chi connectivity index (χ0v) is 13.2. The predicted molar refractivity (Wildman–Crippen MR) is 92.3 cm³/mol. The molecule has 0 atom stereocenters. The lowest BCUT2D eigenvalue weighted by Crippen LogP contribution is -2.31. The van der Waals surface area contributed by atoms with Gasteiger partial charge in [-0.2, -0.15) is 0 Å². The smallest absolute Gasteiger partial charge is 0.264 e. The topological polar surface area (TPSA) is 51.9 Å². The molecule has 1 aliphatic heterocycles. The summed E-state index contributed by atoms with van der Waals surface area (Å²) in [6, 6.07) is 14.4. The first-order valence-corrected chi connectivity index (χ1v) is 8.18. The summed E-state index contributed by atoms with van der Waals surface area (Å²) in [4.78, 5) is 13.5. The Bertz CT molecular complexity index is 1270. The Morgan fingerprint density at radius 1 is 1.00 bits per heavy atom. The number of pyridine rings is 1. The Labute approximate surface area is 142 Å². The molecule has 25 heavy (non-hydrogen) atoms. The van der Waals surface area contributed by atoms with Crippen LogP contribution in [0.25, 0.3) is 34.1 Å². The van der Waals surface area contributed by atoms with E-state index in [1.54, 1.807) is 6.20 Å². The molecule has 0 saturated carbocycles. The number of benzene rings is 1. The summed E-state index contributed by atoms with van der Waals surface area (Å²) in [6.45, 7) is 0.799. The molecule has 0 N–H and O–H groups in total. The van der Waals surface area contributed by atoms with Crippen molar-refractivity contribution in [1.29, 1.82) is 0 Å². The fourth-order valence-electron chi connectivity index (χ4n) is 3.74. The first kappa shape index (κ1) is 12.8. The van der Waals surface area contributed by atoms with Crippen LogP contribution in [0.2, 0.25) is 0 Å². The van der Waals surface area contributed by atoms with Crippen LogP contribution in [0.5, 0.6) is 0 Å². The summed E-state index contributed by atoms with van der Waals surface area (Å²) in [5.74, 6) is 1.83. The summed E-state index contributed by atoms with van der Waals surface area (Å²) in [6.07, 6.45) is 7.58. The molecule has 0 radical (unpaired) electrons. The third kappa shape index (κ3) is 1.58. The van der Waals surface area contributed by atoms with Gasteiger partial charge in [0.15, 0.2) is 0 Å². The van der Waals surface area contributed by atoms with Gasteiger partial charge in [0.05, 0.1) is 12.1 Å². The first-order valence-electron chi connectivity index (χ1n) is 8.18. The van der Waals surface area contributed by atoms with E-state index < -0.39 is 0 Å². The zero-order chi connectivity index (χ0) is 16.4. The van der Waals surface area contributed by atoms with Crippen molar-refractivity contribution in [2.45, 2.75) is 6.54 Å². The molecule has 0 spiro atoms. The van der Waals surface area contributed by atoms with Crippen LogP contribution < -0.4 is 4.57 Å². The Kier molecular flexibility index (Phi) is 2.31. The molecule has 1 aliphatic rings. The van der Waals surface area contributed by atoms with Gasteiger partial charge in [-0.1, -0.05) is 23.2 Å². The molecule has 6 heteroatoms. The minimum absolute atomic E-state index is 0.710. The Morgan fingerprint density at radius 3 is 2.84 bits per heavy atom. The quantitative estimate of drug-likeness (QED) is 0.436. The van der Waals surface area contributed by atoms with Gasteiger partial charge >= 0.3 is 11.4 Å². The zero-order valence-electron chi connectivity index (χ0n) is 13.2. The van der Waals surface area contributed by atoms with Crippen LogP contribution in [0.3, 0.4) is 0 Å². The Hall–Kier alpha value is -3.54. The van der Waals surface area contributed by atoms with E-state index in [0.717, 1.165) is 34.9 Å². The van der Waals surface area contributed by atoms with Gasteiger partial charge in [0.25, 0.3) is 5.65 Å². The van der Waals surface area contributed by atoms with Crippen LogP contribution in [0.15, 0.2) is 67.3 Å². The molecule has 5 aromatic rings. The number of imidazole rings is 2. The molecule has 1 aromatic carbocycles. The van der Waals surface area contributed by atoms with E-state index in [9.17, 15) is 0 Å². The number of hydrogen-bond acceptors (Lipinski definition) is 3. The summed E-state index contributed by atoms with van der Waals surface area (Å²) >= 11 is 0. The number of para-hydroxylation sites is 1. The predicted octanol–water partition coefficient (Wildman–Crippen LogP) is 2.38. The second kappa shape index (κ2) is 4.51. The van der Waals surface area contributed by atoms with Gasteiger partial charge in [-0.15, -0.1) is 0 Å². The number of nitrogens with zero attached hydrogens (tertiary/aromatic N) is 6. The van der Waals surface area contributed by atoms with Crippen LogP contribution in [0.4, 0.5) is 0 Å². The molecule has 6 rings (SSSR count). The minimum atomic E-state index is 0.710. The Morgan fingerprint density at radius 2 is 1.92 bits per heavy atom. The molecule has 0 saturated heterocycles. The summed E-state index contributed by atoms with van der Waals surface area (Å²) in [5, 5.41) is 0. The van der Waals surface area contributed by atoms with E-state index in [0.29, 0.717) is 5.78 Å². The van der Waals surface area contributed by atoms with Crippen molar-refractivity contribution in [2.75, 3.05) is 0 Å². The molecule has 6 nitrogen and oxygen atoms in total. The number of fused-ring (bicyclic) bond motifs is 7. The number of rotatable bonds is 1. The second-order valence-electron chi connectivity index (χ2n) is 6.16. The fourth-order valence-corrected chi connectivity index (χ4v) is 3.74. The highest BCUT2D eigenvalue weighted by atomic mass is 15.3. The van der Waals surface area contributed by atoms with Crippen molar-refractivity contribution >= 4 is 17.1 Å². The van der Waals surface area contributed by atoms with Gasteiger partial charge in [0.1, 0.15) is 5.69 Å². The third-order valence-electron chi connectivity index (χ3n) is 4.79. The lowest BCUT2D eigenvalue weighted by molar-refractivity contribution is -0.647. The van der Waals surface area contributed by atoms with Crippen molar-refractivity contribution in [3.63, 3.8) is 0 Å². The second-order valence-corrected chi connectivity index (χ2v) is 6.16.